The van der Waals surface area contributed by atoms with E-state index in [-0.39, 0.29) is 17.9 Å². The van der Waals surface area contributed by atoms with E-state index < -0.39 is 0 Å². The first-order chi connectivity index (χ1) is 22.8. The van der Waals surface area contributed by atoms with Gasteiger partial charge in [-0.3, -0.25) is 9.48 Å². The van der Waals surface area contributed by atoms with Crippen molar-refractivity contribution in [3.63, 3.8) is 0 Å². The van der Waals surface area contributed by atoms with E-state index in [1.54, 1.807) is 20.0 Å². The molecule has 1 aliphatic carbocycles. The Morgan fingerprint density at radius 1 is 1.00 bits per heavy atom. The fourth-order valence-corrected chi connectivity index (χ4v) is 5.18. The number of anilines is 1. The van der Waals surface area contributed by atoms with Crippen LogP contribution < -0.4 is 10.1 Å². The third-order valence-electron chi connectivity index (χ3n) is 7.55. The van der Waals surface area contributed by atoms with Gasteiger partial charge in [0.25, 0.3) is 0 Å². The van der Waals surface area contributed by atoms with Crippen molar-refractivity contribution < 1.29 is 18.7 Å². The summed E-state index contributed by atoms with van der Waals surface area (Å²) in [5, 5.41) is 7.89. The Labute approximate surface area is 278 Å². The summed E-state index contributed by atoms with van der Waals surface area (Å²) in [5.41, 5.74) is 8.22. The van der Waals surface area contributed by atoms with E-state index in [2.05, 4.69) is 110 Å². The third kappa shape index (κ3) is 10.6. The highest BCUT2D eigenvalue weighted by molar-refractivity contribution is 5.71. The first kappa shape index (κ1) is 35.0. The minimum absolute atomic E-state index is 0.127. The van der Waals surface area contributed by atoms with E-state index in [1.807, 2.05) is 12.1 Å². The molecule has 5 rings (SSSR count). The van der Waals surface area contributed by atoms with Crippen molar-refractivity contribution in [1.82, 2.24) is 9.78 Å². The van der Waals surface area contributed by atoms with Gasteiger partial charge in [0, 0.05) is 24.7 Å². The normalized spacial score (nSPS) is 12.2. The monoisotopic (exact) mass is 635 g/mol. The van der Waals surface area contributed by atoms with Gasteiger partial charge in [0.15, 0.2) is 0 Å². The van der Waals surface area contributed by atoms with Gasteiger partial charge in [-0.1, -0.05) is 78.9 Å². The molecule has 0 aliphatic heterocycles. The van der Waals surface area contributed by atoms with Crippen LogP contribution in [0.25, 0.3) is 16.8 Å². The Kier molecular flexibility index (Phi) is 13.2. The number of aryl methyl sites for hydroxylation is 2. The van der Waals surface area contributed by atoms with Crippen molar-refractivity contribution in [2.75, 3.05) is 19.0 Å². The molecule has 6 nitrogen and oxygen atoms in total. The number of ether oxygens (including phenoxy) is 2. The summed E-state index contributed by atoms with van der Waals surface area (Å²) in [6.45, 7) is 9.04. The van der Waals surface area contributed by atoms with Crippen molar-refractivity contribution in [2.45, 2.75) is 66.0 Å². The molecule has 0 saturated heterocycles. The van der Waals surface area contributed by atoms with Gasteiger partial charge in [-0.25, -0.2) is 4.39 Å². The second-order valence-corrected chi connectivity index (χ2v) is 11.6. The molecule has 1 N–H and O–H groups in total. The van der Waals surface area contributed by atoms with Gasteiger partial charge < -0.3 is 14.8 Å². The van der Waals surface area contributed by atoms with Crippen LogP contribution in [0.4, 0.5) is 10.1 Å². The van der Waals surface area contributed by atoms with Crippen LogP contribution in [0, 0.1) is 12.7 Å². The van der Waals surface area contributed by atoms with Crippen molar-refractivity contribution >= 4 is 17.2 Å². The lowest BCUT2D eigenvalue weighted by Crippen LogP contribution is -2.11. The van der Waals surface area contributed by atoms with Crippen LogP contribution in [-0.4, -0.2) is 35.5 Å². The molecular formula is C40H46FN3O3. The predicted molar refractivity (Wildman–Crippen MR) is 190 cm³/mol. The maximum Gasteiger partial charge on any atom is 0.305 e. The number of esters is 1. The highest BCUT2D eigenvalue weighted by Gasteiger charge is 2.16. The number of carbonyl (C=O) groups excluding carboxylic acids is 1. The molecule has 246 valence electrons. The Bertz CT molecular complexity index is 1700. The van der Waals surface area contributed by atoms with E-state index in [4.69, 9.17) is 14.6 Å². The van der Waals surface area contributed by atoms with E-state index in [9.17, 15) is 9.18 Å². The maximum atomic E-state index is 13.6. The van der Waals surface area contributed by atoms with E-state index >= 15 is 0 Å². The molecule has 0 unspecified atom stereocenters. The maximum absolute atomic E-state index is 13.6. The second kappa shape index (κ2) is 17.7. The van der Waals surface area contributed by atoms with E-state index in [1.165, 1.54) is 17.2 Å². The SMILES string of the molecule is CCOC(=O)CCCc1ccc(NC)cc1F.Cc1ccc(Cn2nc(C3=CC=CC=CC3)cc2-c2ccccc2)c(OC(C)C)c1. The molecule has 0 amide bonds. The van der Waals surface area contributed by atoms with Crippen LogP contribution in [0.5, 0.6) is 5.75 Å². The summed E-state index contributed by atoms with van der Waals surface area (Å²) in [6, 6.07) is 24.1. The van der Waals surface area contributed by atoms with E-state index in [0.29, 0.717) is 38.0 Å². The van der Waals surface area contributed by atoms with Crippen LogP contribution >= 0.6 is 0 Å². The highest BCUT2D eigenvalue weighted by atomic mass is 19.1. The van der Waals surface area contributed by atoms with E-state index in [0.717, 1.165) is 40.4 Å². The van der Waals surface area contributed by atoms with Crippen molar-refractivity contribution in [2.24, 2.45) is 0 Å². The first-order valence-corrected chi connectivity index (χ1v) is 16.3. The van der Waals surface area contributed by atoms with Crippen LogP contribution in [0.3, 0.4) is 0 Å². The molecule has 0 spiro atoms. The van der Waals surface area contributed by atoms with Gasteiger partial charge in [0.1, 0.15) is 11.6 Å². The van der Waals surface area contributed by atoms with Crippen LogP contribution in [0.2, 0.25) is 0 Å². The van der Waals surface area contributed by atoms with Gasteiger partial charge in [0.05, 0.1) is 30.6 Å². The average Bonchev–Trinajstić information content (AvgIpc) is 3.28. The predicted octanol–water partition coefficient (Wildman–Crippen LogP) is 9.35. The molecule has 0 fully saturated rings. The van der Waals surface area contributed by atoms with Gasteiger partial charge in [-0.05, 0) is 93.5 Å². The second-order valence-electron chi connectivity index (χ2n) is 11.6. The molecule has 4 aromatic rings. The summed E-state index contributed by atoms with van der Waals surface area (Å²) >= 11 is 0. The molecule has 0 bridgehead atoms. The molecule has 7 heteroatoms. The van der Waals surface area contributed by atoms with Gasteiger partial charge in [-0.2, -0.15) is 5.10 Å². The fourth-order valence-electron chi connectivity index (χ4n) is 5.18. The highest BCUT2D eigenvalue weighted by Crippen LogP contribution is 2.29. The van der Waals surface area contributed by atoms with Crippen molar-refractivity contribution in [1.29, 1.82) is 0 Å². The summed E-state index contributed by atoms with van der Waals surface area (Å²) in [6.07, 6.45) is 13.0. The number of hydrogen-bond acceptors (Lipinski definition) is 5. The van der Waals surface area contributed by atoms with Crippen LogP contribution in [0.1, 0.15) is 62.4 Å². The summed E-state index contributed by atoms with van der Waals surface area (Å²) in [7, 11) is 1.75. The van der Waals surface area contributed by atoms with Crippen LogP contribution in [-0.2, 0) is 22.5 Å². The zero-order chi connectivity index (χ0) is 33.6. The lowest BCUT2D eigenvalue weighted by atomic mass is 10.1. The third-order valence-corrected chi connectivity index (χ3v) is 7.55. The summed E-state index contributed by atoms with van der Waals surface area (Å²) in [5.74, 6) is 0.473. The number of rotatable bonds is 12. The molecule has 1 aromatic heterocycles. The average molecular weight is 636 g/mol. The number of hydrogen-bond donors (Lipinski definition) is 1. The number of nitrogens with one attached hydrogen (secondary N) is 1. The zero-order valence-corrected chi connectivity index (χ0v) is 28.1. The summed E-state index contributed by atoms with van der Waals surface area (Å²) < 4.78 is 26.6. The molecule has 3 aromatic carbocycles. The quantitative estimate of drug-likeness (QED) is 0.157. The Hall–Kier alpha value is -4.91. The standard InChI is InChI=1S/C27H28N2O.C13H18FNO2/c1-20(2)30-27-17-21(3)15-16-24(27)19-29-26(23-13-9-6-10-14-23)18-25(28-29)22-11-7-4-5-8-12-22;1-3-17-13(16)6-4-5-10-7-8-11(15-2)9-12(10)14/h4-11,13-18,20H,12,19H2,1-3H3;7-9,15H,3-6H2,1-2H3. The fraction of sp³-hybridized carbons (Fsp3) is 0.300. The van der Waals surface area contributed by atoms with Crippen molar-refractivity contribution in [3.05, 3.63) is 131 Å². The Morgan fingerprint density at radius 3 is 2.51 bits per heavy atom. The molecule has 0 atom stereocenters. The largest absolute Gasteiger partial charge is 0.491 e. The topological polar surface area (TPSA) is 65.4 Å². The smallest absolute Gasteiger partial charge is 0.305 e. The Morgan fingerprint density at radius 2 is 1.79 bits per heavy atom. The number of carbonyl (C=O) groups is 1. The molecule has 1 aliphatic rings. The molecule has 0 saturated carbocycles. The number of benzene rings is 3. The number of allylic oxidation sites excluding steroid dienone is 6. The molecular weight excluding hydrogens is 589 g/mol. The Balaban J connectivity index is 0.000000251. The van der Waals surface area contributed by atoms with Crippen molar-refractivity contribution in [3.8, 4) is 17.0 Å². The zero-order valence-electron chi connectivity index (χ0n) is 28.1. The lowest BCUT2D eigenvalue weighted by molar-refractivity contribution is -0.143. The minimum Gasteiger partial charge on any atom is -0.491 e. The lowest BCUT2D eigenvalue weighted by Gasteiger charge is -2.16. The van der Waals surface area contributed by atoms with Gasteiger partial charge in [-0.15, -0.1) is 0 Å². The number of aromatic nitrogens is 2. The van der Waals surface area contributed by atoms with Gasteiger partial charge in [0.2, 0.25) is 0 Å². The number of nitrogens with zero attached hydrogens (tertiary/aromatic N) is 2. The molecule has 0 radical (unpaired) electrons. The molecule has 1 heterocycles. The minimum atomic E-state index is -0.235. The first-order valence-electron chi connectivity index (χ1n) is 16.3. The van der Waals surface area contributed by atoms with Crippen LogP contribution in [0.15, 0.2) is 103 Å². The molecule has 47 heavy (non-hydrogen) atoms. The van der Waals surface area contributed by atoms with Gasteiger partial charge >= 0.3 is 5.97 Å². The number of halogens is 1. The summed E-state index contributed by atoms with van der Waals surface area (Å²) in [4.78, 5) is 11.1.